The van der Waals surface area contributed by atoms with Crippen LogP contribution in [0.25, 0.3) is 0 Å². The van der Waals surface area contributed by atoms with Gasteiger partial charge in [-0.2, -0.15) is 0 Å². The van der Waals surface area contributed by atoms with E-state index < -0.39 is 0 Å². The van der Waals surface area contributed by atoms with Gasteiger partial charge in [-0.25, -0.2) is 0 Å². The van der Waals surface area contributed by atoms with Gasteiger partial charge in [-0.15, -0.1) is 0 Å². The van der Waals surface area contributed by atoms with Gasteiger partial charge in [-0.3, -0.25) is 9.59 Å². The SMILES string of the molecule is CC(C)=CC(=O)NC[C@H](NC(=O)C=C(C)C)C1CC1. The highest BCUT2D eigenvalue weighted by Gasteiger charge is 2.32. The van der Waals surface area contributed by atoms with Crippen molar-refractivity contribution in [2.45, 2.75) is 46.6 Å². The molecule has 0 saturated heterocycles. The average molecular weight is 264 g/mol. The van der Waals surface area contributed by atoms with Gasteiger partial charge in [0.25, 0.3) is 0 Å². The maximum absolute atomic E-state index is 11.7. The summed E-state index contributed by atoms with van der Waals surface area (Å²) in [6.07, 6.45) is 5.41. The molecule has 1 aliphatic carbocycles. The Hall–Kier alpha value is -1.58. The summed E-state index contributed by atoms with van der Waals surface area (Å²) in [6.45, 7) is 8.04. The zero-order valence-corrected chi connectivity index (χ0v) is 12.2. The fraction of sp³-hybridized carbons (Fsp3) is 0.600. The summed E-state index contributed by atoms with van der Waals surface area (Å²) in [4.78, 5) is 23.3. The summed E-state index contributed by atoms with van der Waals surface area (Å²) in [7, 11) is 0. The minimum atomic E-state index is -0.0953. The van der Waals surface area contributed by atoms with Gasteiger partial charge in [-0.1, -0.05) is 11.1 Å². The molecule has 19 heavy (non-hydrogen) atoms. The lowest BCUT2D eigenvalue weighted by Crippen LogP contribution is -2.44. The lowest BCUT2D eigenvalue weighted by Gasteiger charge is -2.17. The average Bonchev–Trinajstić information content (AvgIpc) is 3.05. The fourth-order valence-corrected chi connectivity index (χ4v) is 1.84. The van der Waals surface area contributed by atoms with Gasteiger partial charge in [0.15, 0.2) is 0 Å². The molecule has 0 aromatic rings. The third-order valence-corrected chi connectivity index (χ3v) is 2.85. The number of allylic oxidation sites excluding steroid dienone is 2. The molecule has 1 fully saturated rings. The maximum Gasteiger partial charge on any atom is 0.244 e. The monoisotopic (exact) mass is 264 g/mol. The van der Waals surface area contributed by atoms with Crippen molar-refractivity contribution in [3.05, 3.63) is 23.3 Å². The molecular formula is C15H24N2O2. The number of nitrogens with one attached hydrogen (secondary N) is 2. The van der Waals surface area contributed by atoms with Crippen molar-refractivity contribution in [2.75, 3.05) is 6.54 Å². The van der Waals surface area contributed by atoms with Crippen LogP contribution in [0.15, 0.2) is 23.3 Å². The Labute approximate surface area is 115 Å². The van der Waals surface area contributed by atoms with Crippen LogP contribution in [0.2, 0.25) is 0 Å². The van der Waals surface area contributed by atoms with E-state index in [4.69, 9.17) is 0 Å². The molecule has 4 heteroatoms. The zero-order chi connectivity index (χ0) is 14.4. The molecule has 4 nitrogen and oxygen atoms in total. The smallest absolute Gasteiger partial charge is 0.244 e. The van der Waals surface area contributed by atoms with Crippen molar-refractivity contribution < 1.29 is 9.59 Å². The van der Waals surface area contributed by atoms with Gasteiger partial charge >= 0.3 is 0 Å². The van der Waals surface area contributed by atoms with Crippen LogP contribution in [0.5, 0.6) is 0 Å². The van der Waals surface area contributed by atoms with E-state index in [1.165, 1.54) is 0 Å². The number of carbonyl (C=O) groups is 2. The first kappa shape index (κ1) is 15.5. The van der Waals surface area contributed by atoms with Gasteiger partial charge in [0.1, 0.15) is 0 Å². The molecule has 0 aliphatic heterocycles. The van der Waals surface area contributed by atoms with E-state index in [9.17, 15) is 9.59 Å². The molecule has 0 aromatic carbocycles. The van der Waals surface area contributed by atoms with Gasteiger partial charge in [-0.05, 0) is 46.5 Å². The van der Waals surface area contributed by atoms with Crippen LogP contribution in [0, 0.1) is 5.92 Å². The number of carbonyl (C=O) groups excluding carboxylic acids is 2. The Morgan fingerprint density at radius 2 is 1.58 bits per heavy atom. The molecule has 1 rings (SSSR count). The van der Waals surface area contributed by atoms with Crippen LogP contribution in [0.3, 0.4) is 0 Å². The highest BCUT2D eigenvalue weighted by Crippen LogP contribution is 2.32. The van der Waals surface area contributed by atoms with Crippen molar-refractivity contribution in [3.63, 3.8) is 0 Å². The predicted molar refractivity (Wildman–Crippen MR) is 76.5 cm³/mol. The topological polar surface area (TPSA) is 58.2 Å². The van der Waals surface area contributed by atoms with E-state index in [0.29, 0.717) is 12.5 Å². The quantitative estimate of drug-likeness (QED) is 0.720. The summed E-state index contributed by atoms with van der Waals surface area (Å²) in [5, 5.41) is 5.81. The van der Waals surface area contributed by atoms with Crippen LogP contribution in [0.4, 0.5) is 0 Å². The summed E-state index contributed by atoms with van der Waals surface area (Å²) in [5.74, 6) is 0.331. The number of amides is 2. The first-order chi connectivity index (χ1) is 8.88. The van der Waals surface area contributed by atoms with E-state index in [1.54, 1.807) is 12.2 Å². The minimum absolute atomic E-state index is 0.0395. The van der Waals surface area contributed by atoms with E-state index in [0.717, 1.165) is 24.0 Å². The van der Waals surface area contributed by atoms with Crippen LogP contribution in [-0.4, -0.2) is 24.4 Å². The lowest BCUT2D eigenvalue weighted by atomic mass is 10.1. The van der Waals surface area contributed by atoms with Crippen LogP contribution >= 0.6 is 0 Å². The lowest BCUT2D eigenvalue weighted by molar-refractivity contribution is -0.119. The van der Waals surface area contributed by atoms with Crippen molar-refractivity contribution in [1.82, 2.24) is 10.6 Å². The molecule has 0 heterocycles. The Bertz CT molecular complexity index is 398. The molecule has 0 spiro atoms. The van der Waals surface area contributed by atoms with Crippen molar-refractivity contribution in [1.29, 1.82) is 0 Å². The van der Waals surface area contributed by atoms with Crippen LogP contribution < -0.4 is 10.6 Å². The molecular weight excluding hydrogens is 240 g/mol. The molecule has 1 aliphatic rings. The third-order valence-electron chi connectivity index (χ3n) is 2.85. The fourth-order valence-electron chi connectivity index (χ4n) is 1.84. The highest BCUT2D eigenvalue weighted by molar-refractivity contribution is 5.89. The normalized spacial score (nSPS) is 15.2. The minimum Gasteiger partial charge on any atom is -0.350 e. The Kier molecular flexibility index (Phi) is 5.80. The largest absolute Gasteiger partial charge is 0.350 e. The molecule has 1 atom stereocenters. The number of hydrogen-bond acceptors (Lipinski definition) is 2. The van der Waals surface area contributed by atoms with Gasteiger partial charge in [0.05, 0.1) is 0 Å². The van der Waals surface area contributed by atoms with E-state index >= 15 is 0 Å². The molecule has 0 unspecified atom stereocenters. The third kappa shape index (κ3) is 6.79. The molecule has 2 amide bonds. The van der Waals surface area contributed by atoms with Gasteiger partial charge in [0.2, 0.25) is 11.8 Å². The summed E-state index contributed by atoms with van der Waals surface area (Å²) < 4.78 is 0. The molecule has 0 aromatic heterocycles. The standard InChI is InChI=1S/C15H24N2O2/c1-10(2)7-14(18)16-9-13(12-5-6-12)17-15(19)8-11(3)4/h7-8,12-13H,5-6,9H2,1-4H3,(H,16,18)(H,17,19)/t13-/m0/s1. The second-order valence-electron chi connectivity index (χ2n) is 5.64. The number of hydrogen-bond donors (Lipinski definition) is 2. The summed E-state index contributed by atoms with van der Waals surface area (Å²) in [6, 6.07) is 0.0395. The molecule has 0 radical (unpaired) electrons. The first-order valence-electron chi connectivity index (χ1n) is 6.76. The molecule has 2 N–H and O–H groups in total. The molecule has 1 saturated carbocycles. The highest BCUT2D eigenvalue weighted by atomic mass is 16.2. The zero-order valence-electron chi connectivity index (χ0n) is 12.2. The second kappa shape index (κ2) is 7.12. The Morgan fingerprint density at radius 1 is 1.05 bits per heavy atom. The second-order valence-corrected chi connectivity index (χ2v) is 5.64. The van der Waals surface area contributed by atoms with Gasteiger partial charge < -0.3 is 10.6 Å². The van der Waals surface area contributed by atoms with Crippen molar-refractivity contribution in [2.24, 2.45) is 5.92 Å². The van der Waals surface area contributed by atoms with Crippen molar-refractivity contribution >= 4 is 11.8 Å². The molecule has 0 bridgehead atoms. The Balaban J connectivity index is 2.46. The van der Waals surface area contributed by atoms with Crippen molar-refractivity contribution in [3.8, 4) is 0 Å². The van der Waals surface area contributed by atoms with E-state index in [-0.39, 0.29) is 17.9 Å². The van der Waals surface area contributed by atoms with Crippen LogP contribution in [-0.2, 0) is 9.59 Å². The van der Waals surface area contributed by atoms with E-state index in [1.807, 2.05) is 27.7 Å². The summed E-state index contributed by atoms with van der Waals surface area (Å²) >= 11 is 0. The van der Waals surface area contributed by atoms with Crippen LogP contribution in [0.1, 0.15) is 40.5 Å². The predicted octanol–water partition coefficient (Wildman–Crippen LogP) is 1.93. The first-order valence-corrected chi connectivity index (χ1v) is 6.76. The summed E-state index contributed by atoms with van der Waals surface area (Å²) in [5.41, 5.74) is 1.94. The van der Waals surface area contributed by atoms with E-state index in [2.05, 4.69) is 10.6 Å². The number of rotatable bonds is 6. The molecule has 106 valence electrons. The van der Waals surface area contributed by atoms with Gasteiger partial charge in [0, 0.05) is 24.7 Å². The Morgan fingerprint density at radius 3 is 2.05 bits per heavy atom. The maximum atomic E-state index is 11.7.